The van der Waals surface area contributed by atoms with Crippen LogP contribution in [0.5, 0.6) is 0 Å². The van der Waals surface area contributed by atoms with Crippen molar-refractivity contribution in [3.05, 3.63) is 34.4 Å². The molecule has 1 aliphatic heterocycles. The normalized spacial score (nSPS) is 15.3. The number of benzene rings is 1. The zero-order chi connectivity index (χ0) is 28.0. The molecule has 16 nitrogen and oxygen atoms in total. The second-order valence-electron chi connectivity index (χ2n) is 6.67. The van der Waals surface area contributed by atoms with Crippen LogP contribution in [0.3, 0.4) is 0 Å². The van der Waals surface area contributed by atoms with E-state index in [-0.39, 0.29) is 27.7 Å². The SMILES string of the molecule is CC#N.O=[N+]([O-])c1ccccc1N1CCCNCCNCCCNCC1.[Cu+2].[O-][Cl+3]([O-])([O-])[O-].[O-][Cl+3]([O-])([O-])[O-]. The van der Waals surface area contributed by atoms with Crippen molar-refractivity contribution in [1.29, 1.82) is 5.26 Å². The Hall–Kier alpha value is -1.43. The van der Waals surface area contributed by atoms with E-state index in [2.05, 4.69) is 20.9 Å². The predicted molar refractivity (Wildman–Crippen MR) is 104 cm³/mol. The number of para-hydroxylation sites is 2. The molecular weight excluding hydrogens is 595 g/mol. The van der Waals surface area contributed by atoms with Gasteiger partial charge < -0.3 is 20.9 Å². The molecule has 1 fully saturated rings. The van der Waals surface area contributed by atoms with Crippen LogP contribution >= 0.6 is 0 Å². The quantitative estimate of drug-likeness (QED) is 0.156. The van der Waals surface area contributed by atoms with Crippen LogP contribution in [-0.2, 0) is 17.1 Å². The summed E-state index contributed by atoms with van der Waals surface area (Å²) in [5.74, 6) is 0. The Balaban J connectivity index is -0.000000688. The molecule has 0 saturated carbocycles. The predicted octanol–water partition coefficient (Wildman–Crippen LogP) is -8.02. The van der Waals surface area contributed by atoms with E-state index in [1.54, 1.807) is 18.2 Å². The zero-order valence-corrected chi connectivity index (χ0v) is 22.3. The number of hydrogen-bond acceptors (Lipinski definition) is 15. The number of nitrogens with one attached hydrogen (secondary N) is 3. The fraction of sp³-hybridized carbons (Fsp3) is 0.611. The van der Waals surface area contributed by atoms with Gasteiger partial charge >= 0.3 is 17.1 Å². The van der Waals surface area contributed by atoms with E-state index in [1.807, 2.05) is 12.1 Å². The van der Waals surface area contributed by atoms with Gasteiger partial charge in [-0.2, -0.15) is 5.26 Å². The second-order valence-corrected chi connectivity index (χ2v) is 8.18. The van der Waals surface area contributed by atoms with Gasteiger partial charge in [0.25, 0.3) is 5.69 Å². The van der Waals surface area contributed by atoms with Crippen molar-refractivity contribution in [1.82, 2.24) is 16.0 Å². The average molecular weight is 625 g/mol. The molecule has 1 saturated heterocycles. The molecule has 2 rings (SSSR count). The van der Waals surface area contributed by atoms with E-state index in [0.29, 0.717) is 5.69 Å². The van der Waals surface area contributed by atoms with Crippen LogP contribution in [0.1, 0.15) is 19.8 Å². The molecule has 0 aliphatic carbocycles. The van der Waals surface area contributed by atoms with E-state index in [9.17, 15) is 10.1 Å². The maximum absolute atomic E-state index is 11.3. The summed E-state index contributed by atoms with van der Waals surface area (Å²) in [4.78, 5) is 13.1. The van der Waals surface area contributed by atoms with Crippen molar-refractivity contribution in [2.24, 2.45) is 0 Å². The van der Waals surface area contributed by atoms with Crippen LogP contribution in [0, 0.1) is 41.9 Å². The van der Waals surface area contributed by atoms with E-state index in [0.717, 1.165) is 65.2 Å². The van der Waals surface area contributed by atoms with Gasteiger partial charge in [0.2, 0.25) is 0 Å². The third-order valence-electron chi connectivity index (χ3n) is 3.94. The summed E-state index contributed by atoms with van der Waals surface area (Å²) in [6, 6.07) is 8.76. The Morgan fingerprint density at radius 3 is 1.68 bits per heavy atom. The minimum absolute atomic E-state index is 0. The summed E-state index contributed by atoms with van der Waals surface area (Å²) in [5.41, 5.74) is 0.902. The minimum Gasteiger partial charge on any atom is -0.365 e. The Bertz CT molecular complexity index is 715. The van der Waals surface area contributed by atoms with Gasteiger partial charge in [0, 0.05) is 45.7 Å². The summed E-state index contributed by atoms with van der Waals surface area (Å²) in [6.07, 6.45) is 2.05. The summed E-state index contributed by atoms with van der Waals surface area (Å²) in [7, 11) is -9.89. The van der Waals surface area contributed by atoms with Gasteiger partial charge in [-0.25, -0.2) is 37.3 Å². The first-order chi connectivity index (χ1) is 16.7. The molecule has 1 aromatic carbocycles. The van der Waals surface area contributed by atoms with Crippen molar-refractivity contribution in [3.63, 3.8) is 0 Å². The summed E-state index contributed by atoms with van der Waals surface area (Å²) in [6.45, 7) is 8.69. The van der Waals surface area contributed by atoms with Gasteiger partial charge in [-0.05, 0) is 38.5 Å². The number of nitrogens with zero attached hydrogens (tertiary/aromatic N) is 3. The fourth-order valence-electron chi connectivity index (χ4n) is 2.74. The number of nitriles is 1. The standard InChI is InChI=1S/C16H27N5O2.C2H3N.2ClHO4.Cu/c22-21(23)16-6-2-1-5-15(16)20-13-4-9-18-11-10-17-7-3-8-19-12-14-20;1-2-3;2*2-1(3,4)5;/h1-2,5-6,17-19H,3-4,7-14H2;1H3;2*(H,2,3,4,5);/q;;;;+2/p-2. The molecule has 0 unspecified atom stereocenters. The summed E-state index contributed by atoms with van der Waals surface area (Å²) in [5, 5.41) is 28.8. The molecular formula is C18H30Cl2CuN6O10. The van der Waals surface area contributed by atoms with E-state index < -0.39 is 20.5 Å². The molecule has 1 aliphatic rings. The number of hydrogen-bond donors (Lipinski definition) is 3. The van der Waals surface area contributed by atoms with E-state index >= 15 is 0 Å². The molecule has 0 aromatic heterocycles. The monoisotopic (exact) mass is 623 g/mol. The van der Waals surface area contributed by atoms with Crippen LogP contribution in [0.2, 0.25) is 0 Å². The Morgan fingerprint density at radius 2 is 1.22 bits per heavy atom. The summed E-state index contributed by atoms with van der Waals surface area (Å²) >= 11 is 0. The molecule has 3 N–H and O–H groups in total. The summed E-state index contributed by atoms with van der Waals surface area (Å²) < 4.78 is 67.9. The average Bonchev–Trinajstić information content (AvgIpc) is 2.73. The van der Waals surface area contributed by atoms with Gasteiger partial charge in [0.05, 0.1) is 11.0 Å². The maximum Gasteiger partial charge on any atom is 2.00 e. The molecule has 1 heterocycles. The van der Waals surface area contributed by atoms with Gasteiger partial charge in [0.1, 0.15) is 5.69 Å². The Morgan fingerprint density at radius 1 is 0.811 bits per heavy atom. The number of nitro benzene ring substituents is 1. The molecule has 217 valence electrons. The first-order valence-corrected chi connectivity index (χ1v) is 12.8. The molecule has 0 bridgehead atoms. The van der Waals surface area contributed by atoms with Crippen LogP contribution in [0.4, 0.5) is 11.4 Å². The van der Waals surface area contributed by atoms with Crippen LogP contribution in [0.15, 0.2) is 24.3 Å². The Labute approximate surface area is 229 Å². The van der Waals surface area contributed by atoms with Crippen molar-refractivity contribution < 1.29 is 79.8 Å². The smallest absolute Gasteiger partial charge is 0.365 e. The third-order valence-corrected chi connectivity index (χ3v) is 3.94. The first-order valence-electron chi connectivity index (χ1n) is 10.4. The van der Waals surface area contributed by atoms with E-state index in [4.69, 9.17) is 42.5 Å². The molecule has 0 amide bonds. The molecule has 0 spiro atoms. The molecule has 0 atom stereocenters. The molecule has 37 heavy (non-hydrogen) atoms. The number of nitro groups is 1. The van der Waals surface area contributed by atoms with E-state index in [1.165, 1.54) is 6.92 Å². The van der Waals surface area contributed by atoms with Crippen molar-refractivity contribution in [3.8, 4) is 6.07 Å². The largest absolute Gasteiger partial charge is 2.00 e. The zero-order valence-electron chi connectivity index (χ0n) is 19.9. The van der Waals surface area contributed by atoms with Crippen molar-refractivity contribution in [2.45, 2.75) is 19.8 Å². The minimum atomic E-state index is -4.94. The number of rotatable bonds is 2. The maximum atomic E-state index is 11.3. The van der Waals surface area contributed by atoms with Crippen molar-refractivity contribution in [2.75, 3.05) is 57.3 Å². The van der Waals surface area contributed by atoms with Gasteiger partial charge in [-0.1, -0.05) is 12.1 Å². The molecule has 19 heteroatoms. The number of anilines is 1. The van der Waals surface area contributed by atoms with Gasteiger partial charge in [-0.3, -0.25) is 10.1 Å². The second kappa shape index (κ2) is 23.7. The molecule has 1 aromatic rings. The van der Waals surface area contributed by atoms with Crippen LogP contribution < -0.4 is 58.1 Å². The topological polar surface area (TPSA) is 291 Å². The van der Waals surface area contributed by atoms with Gasteiger partial charge in [-0.15, -0.1) is 20.5 Å². The fourth-order valence-corrected chi connectivity index (χ4v) is 2.74. The first kappa shape index (κ1) is 40.1. The van der Waals surface area contributed by atoms with Gasteiger partial charge in [0.15, 0.2) is 0 Å². The third kappa shape index (κ3) is 32.5. The number of halogens is 2. The van der Waals surface area contributed by atoms with Crippen LogP contribution in [-0.4, -0.2) is 57.3 Å². The van der Waals surface area contributed by atoms with Crippen molar-refractivity contribution >= 4 is 11.4 Å². The molecule has 1 radical (unpaired) electrons. The van der Waals surface area contributed by atoms with Crippen LogP contribution in [0.25, 0.3) is 0 Å². The Kier molecular flexibility index (Phi) is 25.6.